The van der Waals surface area contributed by atoms with Crippen molar-refractivity contribution in [2.45, 2.75) is 31.2 Å². The second-order valence-corrected chi connectivity index (χ2v) is 4.77. The van der Waals surface area contributed by atoms with Crippen LogP contribution in [0.4, 0.5) is 17.1 Å². The minimum absolute atomic E-state index is 0.0288. The number of para-hydroxylation sites is 1. The zero-order valence-corrected chi connectivity index (χ0v) is 10.1. The summed E-state index contributed by atoms with van der Waals surface area (Å²) < 4.78 is 0. The van der Waals surface area contributed by atoms with Crippen LogP contribution < -0.4 is 11.1 Å². The van der Waals surface area contributed by atoms with Crippen molar-refractivity contribution >= 4 is 17.1 Å². The quantitative estimate of drug-likeness (QED) is 0.431. The molecular formula is C12H17N3O3. The lowest BCUT2D eigenvalue weighted by atomic mass is 9.98. The number of hydrogen-bond acceptors (Lipinski definition) is 5. The first-order valence-electron chi connectivity index (χ1n) is 6.00. The first-order chi connectivity index (χ1) is 8.58. The number of anilines is 2. The standard InChI is InChI=1S/C12H17N3O3/c13-9-4-3-5-10(11(9)15(17)18)14-12(8-16)6-1-2-7-12/h3-5,14,16H,1-2,6-8,13H2. The van der Waals surface area contributed by atoms with Crippen LogP contribution in [0.25, 0.3) is 0 Å². The number of nitrogens with two attached hydrogens (primary N) is 1. The maximum Gasteiger partial charge on any atom is 0.314 e. The van der Waals surface area contributed by atoms with Crippen LogP contribution in [0.5, 0.6) is 0 Å². The average molecular weight is 251 g/mol. The summed E-state index contributed by atoms with van der Waals surface area (Å²) in [7, 11) is 0. The highest BCUT2D eigenvalue weighted by Gasteiger charge is 2.35. The number of aliphatic hydroxyl groups is 1. The Hall–Kier alpha value is -1.82. The summed E-state index contributed by atoms with van der Waals surface area (Å²) in [5, 5.41) is 23.7. The van der Waals surface area contributed by atoms with Gasteiger partial charge in [0, 0.05) is 0 Å². The topological polar surface area (TPSA) is 101 Å². The number of hydrogen-bond donors (Lipinski definition) is 3. The molecule has 0 aromatic heterocycles. The van der Waals surface area contributed by atoms with E-state index in [0.29, 0.717) is 5.69 Å². The van der Waals surface area contributed by atoms with E-state index in [9.17, 15) is 15.2 Å². The average Bonchev–Trinajstić information content (AvgIpc) is 2.78. The van der Waals surface area contributed by atoms with Crippen LogP contribution in [0.1, 0.15) is 25.7 Å². The number of nitrogens with one attached hydrogen (secondary N) is 1. The molecule has 0 aliphatic heterocycles. The molecule has 4 N–H and O–H groups in total. The van der Waals surface area contributed by atoms with Crippen molar-refractivity contribution in [2.24, 2.45) is 0 Å². The number of benzene rings is 1. The van der Waals surface area contributed by atoms with E-state index in [1.165, 1.54) is 6.07 Å². The van der Waals surface area contributed by atoms with E-state index in [0.717, 1.165) is 25.7 Å². The minimum atomic E-state index is -0.488. The molecule has 1 fully saturated rings. The van der Waals surface area contributed by atoms with Crippen LogP contribution in [0.15, 0.2) is 18.2 Å². The SMILES string of the molecule is Nc1cccc(NC2(CO)CCCC2)c1[N+](=O)[O-]. The van der Waals surface area contributed by atoms with Gasteiger partial charge >= 0.3 is 5.69 Å². The van der Waals surface area contributed by atoms with Crippen molar-refractivity contribution in [1.82, 2.24) is 0 Å². The molecule has 1 saturated carbocycles. The molecule has 1 aliphatic carbocycles. The van der Waals surface area contributed by atoms with Gasteiger partial charge in [-0.3, -0.25) is 10.1 Å². The van der Waals surface area contributed by atoms with E-state index >= 15 is 0 Å². The molecule has 6 nitrogen and oxygen atoms in total. The van der Waals surface area contributed by atoms with E-state index in [2.05, 4.69) is 5.32 Å². The van der Waals surface area contributed by atoms with Gasteiger partial charge in [-0.2, -0.15) is 0 Å². The molecular weight excluding hydrogens is 234 g/mol. The Kier molecular flexibility index (Phi) is 3.38. The zero-order chi connectivity index (χ0) is 13.2. The fourth-order valence-electron chi connectivity index (χ4n) is 2.53. The third-order valence-electron chi connectivity index (χ3n) is 3.51. The molecule has 1 aliphatic rings. The molecule has 0 unspecified atom stereocenters. The van der Waals surface area contributed by atoms with E-state index in [4.69, 9.17) is 5.73 Å². The number of rotatable bonds is 4. The Morgan fingerprint density at radius 3 is 2.67 bits per heavy atom. The molecule has 2 rings (SSSR count). The summed E-state index contributed by atoms with van der Waals surface area (Å²) in [5.74, 6) is 0. The summed E-state index contributed by atoms with van der Waals surface area (Å²) >= 11 is 0. The lowest BCUT2D eigenvalue weighted by Gasteiger charge is -2.29. The van der Waals surface area contributed by atoms with Crippen molar-refractivity contribution in [3.05, 3.63) is 28.3 Å². The number of nitro benzene ring substituents is 1. The van der Waals surface area contributed by atoms with Crippen molar-refractivity contribution in [2.75, 3.05) is 17.7 Å². The summed E-state index contributed by atoms with van der Waals surface area (Å²) in [6.07, 6.45) is 3.66. The second kappa shape index (κ2) is 4.81. The van der Waals surface area contributed by atoms with E-state index in [1.54, 1.807) is 12.1 Å². The molecule has 0 heterocycles. The Morgan fingerprint density at radius 2 is 2.11 bits per heavy atom. The second-order valence-electron chi connectivity index (χ2n) is 4.77. The highest BCUT2D eigenvalue weighted by Crippen LogP contribution is 2.37. The van der Waals surface area contributed by atoms with Crippen molar-refractivity contribution in [3.63, 3.8) is 0 Å². The van der Waals surface area contributed by atoms with Gasteiger partial charge in [0.15, 0.2) is 0 Å². The number of aliphatic hydroxyl groups excluding tert-OH is 1. The maximum atomic E-state index is 11.0. The molecule has 0 atom stereocenters. The zero-order valence-electron chi connectivity index (χ0n) is 10.1. The molecule has 0 spiro atoms. The first kappa shape index (κ1) is 12.6. The van der Waals surface area contributed by atoms with Gasteiger partial charge in [-0.15, -0.1) is 0 Å². The van der Waals surface area contributed by atoms with Crippen LogP contribution in [-0.4, -0.2) is 22.2 Å². The van der Waals surface area contributed by atoms with Crippen molar-refractivity contribution in [3.8, 4) is 0 Å². The third-order valence-corrected chi connectivity index (χ3v) is 3.51. The van der Waals surface area contributed by atoms with Crippen LogP contribution in [-0.2, 0) is 0 Å². The van der Waals surface area contributed by atoms with E-state index < -0.39 is 10.5 Å². The maximum absolute atomic E-state index is 11.0. The predicted octanol–water partition coefficient (Wildman–Crippen LogP) is 1.89. The summed E-state index contributed by atoms with van der Waals surface area (Å²) in [4.78, 5) is 10.5. The lowest BCUT2D eigenvalue weighted by molar-refractivity contribution is -0.383. The van der Waals surface area contributed by atoms with E-state index in [1.807, 2.05) is 0 Å². The van der Waals surface area contributed by atoms with Gasteiger partial charge < -0.3 is 16.2 Å². The van der Waals surface area contributed by atoms with Crippen LogP contribution in [0.2, 0.25) is 0 Å². The Labute approximate surface area is 105 Å². The van der Waals surface area contributed by atoms with Crippen LogP contribution in [0, 0.1) is 10.1 Å². The summed E-state index contributed by atoms with van der Waals surface area (Å²) in [6, 6.07) is 4.80. The molecule has 6 heteroatoms. The fourth-order valence-corrected chi connectivity index (χ4v) is 2.53. The molecule has 0 radical (unpaired) electrons. The highest BCUT2D eigenvalue weighted by atomic mass is 16.6. The normalized spacial score (nSPS) is 17.6. The third kappa shape index (κ3) is 2.24. The van der Waals surface area contributed by atoms with Gasteiger partial charge in [0.1, 0.15) is 11.4 Å². The van der Waals surface area contributed by atoms with Gasteiger partial charge in [-0.05, 0) is 25.0 Å². The van der Waals surface area contributed by atoms with E-state index in [-0.39, 0.29) is 18.0 Å². The van der Waals surface area contributed by atoms with Gasteiger partial charge in [-0.1, -0.05) is 18.9 Å². The largest absolute Gasteiger partial charge is 0.394 e. The number of nitrogen functional groups attached to an aromatic ring is 1. The lowest BCUT2D eigenvalue weighted by Crippen LogP contribution is -2.39. The van der Waals surface area contributed by atoms with Gasteiger partial charge in [-0.25, -0.2) is 0 Å². The molecule has 1 aromatic carbocycles. The summed E-state index contributed by atoms with van der Waals surface area (Å²) in [6.45, 7) is -0.0288. The molecule has 98 valence electrons. The van der Waals surface area contributed by atoms with Gasteiger partial charge in [0.25, 0.3) is 0 Å². The van der Waals surface area contributed by atoms with Crippen LogP contribution >= 0.6 is 0 Å². The Balaban J connectivity index is 2.34. The number of nitrogens with zero attached hydrogens (tertiary/aromatic N) is 1. The molecule has 0 bridgehead atoms. The monoisotopic (exact) mass is 251 g/mol. The van der Waals surface area contributed by atoms with Crippen molar-refractivity contribution < 1.29 is 10.0 Å². The number of nitro groups is 1. The van der Waals surface area contributed by atoms with Crippen molar-refractivity contribution in [1.29, 1.82) is 0 Å². The highest BCUT2D eigenvalue weighted by molar-refractivity contribution is 5.75. The molecule has 18 heavy (non-hydrogen) atoms. The van der Waals surface area contributed by atoms with Crippen LogP contribution in [0.3, 0.4) is 0 Å². The summed E-state index contributed by atoms with van der Waals surface area (Å²) in [5.41, 5.74) is 5.60. The Bertz CT molecular complexity index is 456. The smallest absolute Gasteiger partial charge is 0.314 e. The van der Waals surface area contributed by atoms with Gasteiger partial charge in [0.05, 0.1) is 17.1 Å². The minimum Gasteiger partial charge on any atom is -0.394 e. The fraction of sp³-hybridized carbons (Fsp3) is 0.500. The van der Waals surface area contributed by atoms with Gasteiger partial charge in [0.2, 0.25) is 0 Å². The molecule has 0 amide bonds. The molecule has 1 aromatic rings. The Morgan fingerprint density at radius 1 is 1.44 bits per heavy atom. The molecule has 0 saturated heterocycles. The predicted molar refractivity (Wildman–Crippen MR) is 69.4 cm³/mol. The first-order valence-corrected chi connectivity index (χ1v) is 6.00.